The van der Waals surface area contributed by atoms with Crippen molar-refractivity contribution in [2.75, 3.05) is 11.4 Å². The van der Waals surface area contributed by atoms with Crippen molar-refractivity contribution >= 4 is 17.6 Å². The van der Waals surface area contributed by atoms with Crippen LogP contribution in [-0.4, -0.2) is 23.5 Å². The van der Waals surface area contributed by atoms with Crippen molar-refractivity contribution in [2.24, 2.45) is 5.92 Å². The van der Waals surface area contributed by atoms with Gasteiger partial charge < -0.3 is 10.0 Å². The molecule has 0 bridgehead atoms. The van der Waals surface area contributed by atoms with E-state index in [1.54, 1.807) is 23.1 Å². The molecule has 4 nitrogen and oxygen atoms in total. The van der Waals surface area contributed by atoms with Crippen LogP contribution in [0.2, 0.25) is 0 Å². The SMILES string of the molecule is CCCCC(CC)CN1C(=O)Cc2ccc(C(=O)O)cc21. The lowest BCUT2D eigenvalue weighted by Crippen LogP contribution is -2.32. The van der Waals surface area contributed by atoms with E-state index >= 15 is 0 Å². The van der Waals surface area contributed by atoms with E-state index < -0.39 is 5.97 Å². The van der Waals surface area contributed by atoms with Gasteiger partial charge in [0.25, 0.3) is 0 Å². The second kappa shape index (κ2) is 6.74. The summed E-state index contributed by atoms with van der Waals surface area (Å²) in [6.45, 7) is 5.02. The number of nitrogens with zero attached hydrogens (tertiary/aromatic N) is 1. The molecule has 1 unspecified atom stereocenters. The average molecular weight is 289 g/mol. The van der Waals surface area contributed by atoms with Gasteiger partial charge in [0.15, 0.2) is 0 Å². The van der Waals surface area contributed by atoms with Crippen molar-refractivity contribution < 1.29 is 14.7 Å². The predicted molar refractivity (Wildman–Crippen MR) is 82.8 cm³/mol. The summed E-state index contributed by atoms with van der Waals surface area (Å²) in [7, 11) is 0. The predicted octanol–water partition coefficient (Wildman–Crippen LogP) is 3.49. The molecular formula is C17H23NO3. The third-order valence-corrected chi connectivity index (χ3v) is 4.25. The minimum absolute atomic E-state index is 0.0856. The van der Waals surface area contributed by atoms with E-state index in [4.69, 9.17) is 5.11 Å². The Balaban J connectivity index is 2.20. The molecule has 1 heterocycles. The van der Waals surface area contributed by atoms with Crippen molar-refractivity contribution in [2.45, 2.75) is 46.0 Å². The molecule has 0 spiro atoms. The molecule has 1 N–H and O–H groups in total. The Kier molecular flexibility index (Phi) is 4.99. The van der Waals surface area contributed by atoms with E-state index in [9.17, 15) is 9.59 Å². The standard InChI is InChI=1S/C17H23NO3/c1-3-5-6-12(4-2)11-18-15-9-14(17(20)21)8-7-13(15)10-16(18)19/h7-9,12H,3-6,10-11H2,1-2H3,(H,20,21). The zero-order valence-electron chi connectivity index (χ0n) is 12.8. The van der Waals surface area contributed by atoms with Crippen LogP contribution in [0.1, 0.15) is 55.5 Å². The maximum atomic E-state index is 12.2. The number of aromatic carboxylic acids is 1. The summed E-state index contributed by atoms with van der Waals surface area (Å²) in [6.07, 6.45) is 4.87. The van der Waals surface area contributed by atoms with Crippen LogP contribution in [0.25, 0.3) is 0 Å². The first-order valence-electron chi connectivity index (χ1n) is 7.73. The molecule has 0 fully saturated rings. The van der Waals surface area contributed by atoms with E-state index in [1.807, 2.05) is 0 Å². The van der Waals surface area contributed by atoms with Gasteiger partial charge in [-0.2, -0.15) is 0 Å². The topological polar surface area (TPSA) is 57.6 Å². The molecule has 0 aromatic heterocycles. The molecule has 0 saturated heterocycles. The highest BCUT2D eigenvalue weighted by Gasteiger charge is 2.29. The fourth-order valence-corrected chi connectivity index (χ4v) is 2.87. The second-order valence-corrected chi connectivity index (χ2v) is 5.75. The summed E-state index contributed by atoms with van der Waals surface area (Å²) in [5.74, 6) is -0.383. The Morgan fingerprint density at radius 2 is 2.14 bits per heavy atom. The van der Waals surface area contributed by atoms with E-state index in [-0.39, 0.29) is 11.5 Å². The first-order chi connectivity index (χ1) is 10.1. The largest absolute Gasteiger partial charge is 0.478 e. The summed E-state index contributed by atoms with van der Waals surface area (Å²) in [5, 5.41) is 9.11. The van der Waals surface area contributed by atoms with Crippen molar-refractivity contribution in [1.82, 2.24) is 0 Å². The Hall–Kier alpha value is -1.84. The highest BCUT2D eigenvalue weighted by Crippen LogP contribution is 2.31. The van der Waals surface area contributed by atoms with Gasteiger partial charge in [-0.3, -0.25) is 4.79 Å². The number of carbonyl (C=O) groups excluding carboxylic acids is 1. The lowest BCUT2D eigenvalue weighted by Gasteiger charge is -2.24. The van der Waals surface area contributed by atoms with Gasteiger partial charge in [-0.1, -0.05) is 39.2 Å². The number of fused-ring (bicyclic) bond motifs is 1. The average Bonchev–Trinajstić information content (AvgIpc) is 2.78. The molecule has 0 saturated carbocycles. The van der Waals surface area contributed by atoms with Crippen LogP contribution >= 0.6 is 0 Å². The molecule has 1 aliphatic heterocycles. The lowest BCUT2D eigenvalue weighted by atomic mass is 9.98. The fraction of sp³-hybridized carbons (Fsp3) is 0.529. The molecule has 114 valence electrons. The van der Waals surface area contributed by atoms with Crippen LogP contribution in [0.5, 0.6) is 0 Å². The smallest absolute Gasteiger partial charge is 0.335 e. The Labute approximate surface area is 125 Å². The molecule has 0 radical (unpaired) electrons. The van der Waals surface area contributed by atoms with E-state index in [2.05, 4.69) is 13.8 Å². The van der Waals surface area contributed by atoms with E-state index in [1.165, 1.54) is 6.42 Å². The van der Waals surface area contributed by atoms with Crippen molar-refractivity contribution in [1.29, 1.82) is 0 Å². The van der Waals surface area contributed by atoms with Gasteiger partial charge >= 0.3 is 5.97 Å². The quantitative estimate of drug-likeness (QED) is 0.836. The number of carboxylic acids is 1. The van der Waals surface area contributed by atoms with Crippen LogP contribution in [0, 0.1) is 5.92 Å². The molecule has 1 aliphatic rings. The Bertz CT molecular complexity index is 539. The number of anilines is 1. The van der Waals surface area contributed by atoms with Crippen LogP contribution in [0.3, 0.4) is 0 Å². The van der Waals surface area contributed by atoms with Crippen LogP contribution in [-0.2, 0) is 11.2 Å². The first-order valence-corrected chi connectivity index (χ1v) is 7.73. The van der Waals surface area contributed by atoms with Crippen molar-refractivity contribution in [3.63, 3.8) is 0 Å². The normalized spacial score (nSPS) is 15.1. The number of unbranched alkanes of at least 4 members (excludes halogenated alkanes) is 1. The molecule has 1 aromatic rings. The van der Waals surface area contributed by atoms with Gasteiger partial charge in [0.2, 0.25) is 5.91 Å². The van der Waals surface area contributed by atoms with Gasteiger partial charge in [-0.15, -0.1) is 0 Å². The molecule has 1 atom stereocenters. The van der Waals surface area contributed by atoms with Gasteiger partial charge in [0, 0.05) is 12.2 Å². The molecular weight excluding hydrogens is 266 g/mol. The molecule has 0 aliphatic carbocycles. The summed E-state index contributed by atoms with van der Waals surface area (Å²) in [4.78, 5) is 25.1. The minimum atomic E-state index is -0.949. The Morgan fingerprint density at radius 3 is 2.76 bits per heavy atom. The highest BCUT2D eigenvalue weighted by molar-refractivity contribution is 6.03. The third-order valence-electron chi connectivity index (χ3n) is 4.25. The molecule has 1 aromatic carbocycles. The van der Waals surface area contributed by atoms with Crippen molar-refractivity contribution in [3.8, 4) is 0 Å². The number of rotatable bonds is 7. The number of carboxylic acid groups (broad SMARTS) is 1. The maximum Gasteiger partial charge on any atom is 0.335 e. The first kappa shape index (κ1) is 15.5. The van der Waals surface area contributed by atoms with Gasteiger partial charge in [-0.25, -0.2) is 4.79 Å². The van der Waals surface area contributed by atoms with Crippen LogP contribution < -0.4 is 4.90 Å². The van der Waals surface area contributed by atoms with Crippen molar-refractivity contribution in [3.05, 3.63) is 29.3 Å². The summed E-state index contributed by atoms with van der Waals surface area (Å²) in [5.41, 5.74) is 1.97. The minimum Gasteiger partial charge on any atom is -0.478 e. The zero-order valence-corrected chi connectivity index (χ0v) is 12.8. The van der Waals surface area contributed by atoms with Crippen LogP contribution in [0.15, 0.2) is 18.2 Å². The molecule has 1 amide bonds. The number of amides is 1. The fourth-order valence-electron chi connectivity index (χ4n) is 2.87. The summed E-state index contributed by atoms with van der Waals surface area (Å²) in [6, 6.07) is 4.98. The van der Waals surface area contributed by atoms with Crippen LogP contribution in [0.4, 0.5) is 5.69 Å². The van der Waals surface area contributed by atoms with E-state index in [0.717, 1.165) is 30.5 Å². The number of benzene rings is 1. The third kappa shape index (κ3) is 3.43. The Morgan fingerprint density at radius 1 is 1.38 bits per heavy atom. The highest BCUT2D eigenvalue weighted by atomic mass is 16.4. The zero-order chi connectivity index (χ0) is 15.4. The summed E-state index contributed by atoms with van der Waals surface area (Å²) < 4.78 is 0. The monoisotopic (exact) mass is 289 g/mol. The second-order valence-electron chi connectivity index (χ2n) is 5.75. The number of hydrogen-bond donors (Lipinski definition) is 1. The summed E-state index contributed by atoms with van der Waals surface area (Å²) >= 11 is 0. The van der Waals surface area contributed by atoms with E-state index in [0.29, 0.717) is 18.9 Å². The number of hydrogen-bond acceptors (Lipinski definition) is 2. The maximum absolute atomic E-state index is 12.2. The lowest BCUT2D eigenvalue weighted by molar-refractivity contribution is -0.117. The number of carbonyl (C=O) groups is 2. The molecule has 4 heteroatoms. The van der Waals surface area contributed by atoms with Gasteiger partial charge in [0.1, 0.15) is 0 Å². The van der Waals surface area contributed by atoms with Gasteiger partial charge in [0.05, 0.1) is 12.0 Å². The van der Waals surface area contributed by atoms with Gasteiger partial charge in [-0.05, 0) is 30.0 Å². The molecule has 21 heavy (non-hydrogen) atoms. The molecule has 2 rings (SSSR count).